The molecule has 0 unspecified atom stereocenters. The van der Waals surface area contributed by atoms with Crippen LogP contribution in [0.3, 0.4) is 0 Å². The number of amides is 2. The zero-order valence-electron chi connectivity index (χ0n) is 22.2. The molecule has 2 aliphatic rings. The first-order valence-corrected chi connectivity index (χ1v) is 13.5. The summed E-state index contributed by atoms with van der Waals surface area (Å²) < 4.78 is 5.75. The van der Waals surface area contributed by atoms with Crippen LogP contribution in [0.1, 0.15) is 67.1 Å². The highest BCUT2D eigenvalue weighted by Gasteiger charge is 2.23. The Morgan fingerprint density at radius 3 is 2.55 bits per heavy atom. The van der Waals surface area contributed by atoms with Gasteiger partial charge < -0.3 is 19.5 Å². The number of nitrogens with zero attached hydrogens (tertiary/aromatic N) is 2. The van der Waals surface area contributed by atoms with E-state index in [1.807, 2.05) is 23.1 Å². The average Bonchev–Trinajstić information content (AvgIpc) is 3.33. The number of fused-ring (bicyclic) bond motifs is 1. The van der Waals surface area contributed by atoms with Gasteiger partial charge in [0.25, 0.3) is 5.91 Å². The number of para-hydroxylation sites is 1. The van der Waals surface area contributed by atoms with Gasteiger partial charge in [-0.15, -0.1) is 0 Å². The number of nitrogens with one attached hydrogen (secondary N) is 1. The fourth-order valence-corrected chi connectivity index (χ4v) is 5.29. The molecule has 3 heterocycles. The quantitative estimate of drug-likeness (QED) is 0.450. The number of piperidine rings is 1. The molecular weight excluding hydrogens is 478 g/mol. The first kappa shape index (κ1) is 25.8. The Kier molecular flexibility index (Phi) is 7.63. The van der Waals surface area contributed by atoms with Crippen LogP contribution in [0.2, 0.25) is 0 Å². The van der Waals surface area contributed by atoms with E-state index in [0.29, 0.717) is 36.4 Å². The monoisotopic (exact) mass is 513 g/mol. The summed E-state index contributed by atoms with van der Waals surface area (Å²) >= 11 is 0. The van der Waals surface area contributed by atoms with Crippen LogP contribution in [0.25, 0.3) is 11.0 Å². The zero-order valence-corrected chi connectivity index (χ0v) is 22.2. The van der Waals surface area contributed by atoms with Gasteiger partial charge in [0.05, 0.1) is 5.39 Å². The summed E-state index contributed by atoms with van der Waals surface area (Å²) in [5, 5.41) is 3.36. The van der Waals surface area contributed by atoms with Gasteiger partial charge in [0.15, 0.2) is 11.2 Å². The lowest BCUT2D eigenvalue weighted by Crippen LogP contribution is -2.33. The third-order valence-corrected chi connectivity index (χ3v) is 7.57. The van der Waals surface area contributed by atoms with Gasteiger partial charge in [-0.3, -0.25) is 14.4 Å². The van der Waals surface area contributed by atoms with Crippen molar-refractivity contribution in [2.45, 2.75) is 52.0 Å². The van der Waals surface area contributed by atoms with Crippen LogP contribution in [0.4, 0.5) is 5.69 Å². The second-order valence-electron chi connectivity index (χ2n) is 10.5. The van der Waals surface area contributed by atoms with Gasteiger partial charge in [0.2, 0.25) is 5.91 Å². The first-order valence-electron chi connectivity index (χ1n) is 13.5. The Balaban J connectivity index is 1.17. The highest BCUT2D eigenvalue weighted by atomic mass is 16.3. The van der Waals surface area contributed by atoms with E-state index in [0.717, 1.165) is 44.5 Å². The van der Waals surface area contributed by atoms with Crippen molar-refractivity contribution < 1.29 is 14.0 Å². The minimum atomic E-state index is -0.392. The molecule has 5 rings (SSSR count). The van der Waals surface area contributed by atoms with Gasteiger partial charge in [0, 0.05) is 50.9 Å². The standard InChI is InChI=1S/C31H35N3O4/c1-21(2)23-9-10-28-25(18-23)27(35)19-29(38-28)31(37)32-14-11-22-12-16-33(17-13-22)26-7-4-3-6-24(26)20-34-15-5-8-30(34)36/h3-4,6-7,9-11,18-19,21H,5,8,12-17,20H2,1-2H3,(H,32,37). The number of hydrogen-bond donors (Lipinski definition) is 1. The largest absolute Gasteiger partial charge is 0.451 e. The third-order valence-electron chi connectivity index (χ3n) is 7.57. The molecule has 1 N–H and O–H groups in total. The van der Waals surface area contributed by atoms with Crippen LogP contribution in [-0.4, -0.2) is 42.9 Å². The van der Waals surface area contributed by atoms with Crippen molar-refractivity contribution in [3.05, 3.63) is 87.3 Å². The number of carbonyl (C=O) groups excluding carboxylic acids is 2. The van der Waals surface area contributed by atoms with E-state index in [4.69, 9.17) is 4.42 Å². The molecule has 38 heavy (non-hydrogen) atoms. The predicted octanol–water partition coefficient (Wildman–Crippen LogP) is 5.00. The molecule has 7 heteroatoms. The Labute approximate surface area is 223 Å². The molecule has 2 amide bonds. The third kappa shape index (κ3) is 5.67. The van der Waals surface area contributed by atoms with E-state index in [9.17, 15) is 14.4 Å². The predicted molar refractivity (Wildman–Crippen MR) is 150 cm³/mol. The van der Waals surface area contributed by atoms with Gasteiger partial charge in [0.1, 0.15) is 5.58 Å². The van der Waals surface area contributed by atoms with Crippen molar-refractivity contribution in [1.82, 2.24) is 10.2 Å². The van der Waals surface area contributed by atoms with Gasteiger partial charge in [-0.05, 0) is 54.5 Å². The minimum Gasteiger partial charge on any atom is -0.451 e. The second kappa shape index (κ2) is 11.3. The molecule has 0 atom stereocenters. The molecule has 0 aliphatic carbocycles. The Hall–Kier alpha value is -3.87. The maximum atomic E-state index is 12.7. The summed E-state index contributed by atoms with van der Waals surface area (Å²) in [5.74, 6) is 0.184. The summed E-state index contributed by atoms with van der Waals surface area (Å²) in [6.45, 7) is 7.82. The number of likely N-dealkylation sites (tertiary alicyclic amines) is 1. The highest BCUT2D eigenvalue weighted by molar-refractivity contribution is 5.93. The molecule has 2 saturated heterocycles. The van der Waals surface area contributed by atoms with E-state index in [1.165, 1.54) is 22.9 Å². The zero-order chi connectivity index (χ0) is 26.6. The van der Waals surface area contributed by atoms with Gasteiger partial charge in [-0.2, -0.15) is 0 Å². The van der Waals surface area contributed by atoms with Gasteiger partial charge in [-0.1, -0.05) is 49.8 Å². The number of hydrogen-bond acceptors (Lipinski definition) is 5. The lowest BCUT2D eigenvalue weighted by atomic mass is 10.0. The fraction of sp³-hybridized carbons (Fsp3) is 0.387. The van der Waals surface area contributed by atoms with Crippen molar-refractivity contribution in [3.63, 3.8) is 0 Å². The summed E-state index contributed by atoms with van der Waals surface area (Å²) in [7, 11) is 0. The first-order chi connectivity index (χ1) is 18.4. The van der Waals surface area contributed by atoms with Crippen molar-refractivity contribution in [3.8, 4) is 0 Å². The molecule has 0 radical (unpaired) electrons. The van der Waals surface area contributed by atoms with Crippen molar-refractivity contribution in [2.75, 3.05) is 31.1 Å². The van der Waals surface area contributed by atoms with Crippen LogP contribution < -0.4 is 15.6 Å². The highest BCUT2D eigenvalue weighted by Crippen LogP contribution is 2.28. The second-order valence-corrected chi connectivity index (χ2v) is 10.5. The summed E-state index contributed by atoms with van der Waals surface area (Å²) in [5.41, 5.74) is 4.97. The van der Waals surface area contributed by atoms with E-state index < -0.39 is 5.91 Å². The molecule has 0 spiro atoms. The molecule has 3 aromatic rings. The number of anilines is 1. The maximum Gasteiger partial charge on any atom is 0.287 e. The van der Waals surface area contributed by atoms with Crippen LogP contribution in [0.15, 0.2) is 69.4 Å². The van der Waals surface area contributed by atoms with E-state index in [-0.39, 0.29) is 17.1 Å². The lowest BCUT2D eigenvalue weighted by molar-refractivity contribution is -0.128. The van der Waals surface area contributed by atoms with Crippen molar-refractivity contribution >= 4 is 28.5 Å². The summed E-state index contributed by atoms with van der Waals surface area (Å²) in [4.78, 5) is 41.8. The van der Waals surface area contributed by atoms with Crippen LogP contribution in [0.5, 0.6) is 0 Å². The molecular formula is C31H35N3O4. The number of rotatable bonds is 7. The van der Waals surface area contributed by atoms with E-state index in [1.54, 1.807) is 6.07 Å². The molecule has 0 saturated carbocycles. The van der Waals surface area contributed by atoms with Gasteiger partial charge >= 0.3 is 0 Å². The normalized spacial score (nSPS) is 16.0. The Morgan fingerprint density at radius 2 is 1.82 bits per heavy atom. The summed E-state index contributed by atoms with van der Waals surface area (Å²) in [6.07, 6.45) is 5.49. The SMILES string of the molecule is CC(C)c1ccc2oc(C(=O)NCC=C3CCN(c4ccccc4CN4CCCC4=O)CC3)cc(=O)c2c1. The van der Waals surface area contributed by atoms with E-state index in [2.05, 4.69) is 48.3 Å². The molecule has 2 fully saturated rings. The fourth-order valence-electron chi connectivity index (χ4n) is 5.29. The number of carbonyl (C=O) groups is 2. The van der Waals surface area contributed by atoms with E-state index >= 15 is 0 Å². The molecule has 198 valence electrons. The van der Waals surface area contributed by atoms with Crippen molar-refractivity contribution in [2.24, 2.45) is 0 Å². The molecule has 2 aliphatic heterocycles. The van der Waals surface area contributed by atoms with Crippen molar-refractivity contribution in [1.29, 1.82) is 0 Å². The topological polar surface area (TPSA) is 82.9 Å². The molecule has 7 nitrogen and oxygen atoms in total. The lowest BCUT2D eigenvalue weighted by Gasteiger charge is -2.33. The molecule has 1 aromatic heterocycles. The average molecular weight is 514 g/mol. The minimum absolute atomic E-state index is 0.0288. The smallest absolute Gasteiger partial charge is 0.287 e. The van der Waals surface area contributed by atoms with Gasteiger partial charge in [-0.25, -0.2) is 0 Å². The van der Waals surface area contributed by atoms with Crippen LogP contribution >= 0.6 is 0 Å². The Bertz CT molecular complexity index is 1430. The van der Waals surface area contributed by atoms with Crippen LogP contribution in [-0.2, 0) is 11.3 Å². The van der Waals surface area contributed by atoms with Crippen LogP contribution in [0, 0.1) is 0 Å². The summed E-state index contributed by atoms with van der Waals surface area (Å²) in [6, 6.07) is 15.2. The Morgan fingerprint density at radius 1 is 1.03 bits per heavy atom. The molecule has 0 bridgehead atoms. The number of benzene rings is 2. The maximum absolute atomic E-state index is 12.7. The molecule has 2 aromatic carbocycles.